The molecule has 1 saturated heterocycles. The second kappa shape index (κ2) is 7.64. The predicted molar refractivity (Wildman–Crippen MR) is 81.8 cm³/mol. The minimum atomic E-state index is 0.0357. The first-order chi connectivity index (χ1) is 9.65. The van der Waals surface area contributed by atoms with Gasteiger partial charge in [-0.2, -0.15) is 11.8 Å². The molecule has 1 fully saturated rings. The van der Waals surface area contributed by atoms with Gasteiger partial charge in [0.15, 0.2) is 0 Å². The highest BCUT2D eigenvalue weighted by Gasteiger charge is 2.17. The molecular formula is C13H19N3O2S2. The normalized spacial score (nSPS) is 15.8. The molecule has 1 aliphatic heterocycles. The van der Waals surface area contributed by atoms with E-state index in [1.165, 1.54) is 0 Å². The molecule has 5 nitrogen and oxygen atoms in total. The first-order valence-corrected chi connectivity index (χ1v) is 8.72. The van der Waals surface area contributed by atoms with Crippen molar-refractivity contribution in [1.29, 1.82) is 0 Å². The van der Waals surface area contributed by atoms with Crippen LogP contribution in [0.5, 0.6) is 0 Å². The molecule has 2 heterocycles. The quantitative estimate of drug-likeness (QED) is 0.835. The summed E-state index contributed by atoms with van der Waals surface area (Å²) in [7, 11) is 0. The van der Waals surface area contributed by atoms with Crippen molar-refractivity contribution in [3.05, 3.63) is 16.1 Å². The molecule has 1 N–H and O–H groups in total. The zero-order chi connectivity index (χ0) is 14.4. The van der Waals surface area contributed by atoms with Crippen molar-refractivity contribution in [1.82, 2.24) is 15.2 Å². The highest BCUT2D eigenvalue weighted by molar-refractivity contribution is 7.98. The molecule has 0 atom stereocenters. The molecule has 2 rings (SSSR count). The van der Waals surface area contributed by atoms with Crippen LogP contribution in [0.25, 0.3) is 0 Å². The fraction of sp³-hybridized carbons (Fsp3) is 0.615. The predicted octanol–water partition coefficient (Wildman–Crippen LogP) is 1.42. The highest BCUT2D eigenvalue weighted by Crippen LogP contribution is 2.16. The van der Waals surface area contributed by atoms with Crippen molar-refractivity contribution >= 4 is 34.9 Å². The number of thioether (sulfide) groups is 1. The number of aryl methyl sites for hydroxylation is 1. The van der Waals surface area contributed by atoms with E-state index >= 15 is 0 Å². The van der Waals surface area contributed by atoms with E-state index in [4.69, 9.17) is 0 Å². The summed E-state index contributed by atoms with van der Waals surface area (Å²) in [6, 6.07) is 0. The van der Waals surface area contributed by atoms with Crippen LogP contribution in [-0.4, -0.2) is 47.1 Å². The molecule has 1 aromatic heterocycles. The minimum absolute atomic E-state index is 0.0357. The number of nitrogens with zero attached hydrogens (tertiary/aromatic N) is 2. The van der Waals surface area contributed by atoms with Gasteiger partial charge in [0.25, 0.3) is 0 Å². The van der Waals surface area contributed by atoms with E-state index in [-0.39, 0.29) is 11.8 Å². The lowest BCUT2D eigenvalue weighted by atomic mass is 10.3. The van der Waals surface area contributed by atoms with Crippen LogP contribution in [0.2, 0.25) is 0 Å². The SMILES string of the molecule is Cc1nc(CSCCC(=O)N2CCNC(=O)CC2)cs1. The zero-order valence-electron chi connectivity index (χ0n) is 11.6. The molecule has 0 radical (unpaired) electrons. The molecule has 0 aromatic carbocycles. The molecule has 0 saturated carbocycles. The Morgan fingerprint density at radius 1 is 1.55 bits per heavy atom. The number of carbonyl (C=O) groups is 2. The average molecular weight is 313 g/mol. The number of nitrogens with one attached hydrogen (secondary N) is 1. The Labute approximate surface area is 127 Å². The van der Waals surface area contributed by atoms with Crippen LogP contribution in [0.1, 0.15) is 23.5 Å². The molecule has 0 unspecified atom stereocenters. The molecule has 2 amide bonds. The summed E-state index contributed by atoms with van der Waals surface area (Å²) in [6.45, 7) is 3.73. The van der Waals surface area contributed by atoms with Gasteiger partial charge in [-0.25, -0.2) is 4.98 Å². The Bertz CT molecular complexity index is 476. The van der Waals surface area contributed by atoms with Crippen LogP contribution >= 0.6 is 23.1 Å². The van der Waals surface area contributed by atoms with Crippen LogP contribution < -0.4 is 5.32 Å². The average Bonchev–Trinajstić information content (AvgIpc) is 2.71. The van der Waals surface area contributed by atoms with Gasteiger partial charge in [-0.1, -0.05) is 0 Å². The topological polar surface area (TPSA) is 62.3 Å². The summed E-state index contributed by atoms with van der Waals surface area (Å²) in [5.41, 5.74) is 1.09. The molecule has 1 aliphatic rings. The third-order valence-corrected chi connectivity index (χ3v) is 4.86. The smallest absolute Gasteiger partial charge is 0.223 e. The largest absolute Gasteiger partial charge is 0.354 e. The van der Waals surface area contributed by atoms with Gasteiger partial charge in [-0.05, 0) is 6.92 Å². The van der Waals surface area contributed by atoms with Crippen molar-refractivity contribution in [3.8, 4) is 0 Å². The summed E-state index contributed by atoms with van der Waals surface area (Å²) >= 11 is 3.39. The number of carbonyl (C=O) groups excluding carboxylic acids is 2. The van der Waals surface area contributed by atoms with Crippen LogP contribution in [-0.2, 0) is 15.3 Å². The molecule has 20 heavy (non-hydrogen) atoms. The van der Waals surface area contributed by atoms with E-state index in [2.05, 4.69) is 15.7 Å². The van der Waals surface area contributed by atoms with Crippen molar-refractivity contribution in [2.45, 2.75) is 25.5 Å². The fourth-order valence-electron chi connectivity index (χ4n) is 1.99. The Morgan fingerprint density at radius 2 is 2.40 bits per heavy atom. The molecule has 110 valence electrons. The van der Waals surface area contributed by atoms with Crippen molar-refractivity contribution in [2.75, 3.05) is 25.4 Å². The minimum Gasteiger partial charge on any atom is -0.354 e. The number of thiazole rings is 1. The maximum Gasteiger partial charge on any atom is 0.223 e. The maximum absolute atomic E-state index is 12.0. The number of rotatable bonds is 5. The maximum atomic E-state index is 12.0. The van der Waals surface area contributed by atoms with Gasteiger partial charge in [0, 0.05) is 49.4 Å². The van der Waals surface area contributed by atoms with Gasteiger partial charge in [0.2, 0.25) is 11.8 Å². The van der Waals surface area contributed by atoms with E-state index in [9.17, 15) is 9.59 Å². The molecular weight excluding hydrogens is 294 g/mol. The van der Waals surface area contributed by atoms with Crippen LogP contribution in [0.4, 0.5) is 0 Å². The third kappa shape index (κ3) is 4.79. The van der Waals surface area contributed by atoms with Crippen molar-refractivity contribution in [3.63, 3.8) is 0 Å². The molecule has 0 aliphatic carbocycles. The number of hydrogen-bond acceptors (Lipinski definition) is 5. The van der Waals surface area contributed by atoms with Crippen molar-refractivity contribution in [2.24, 2.45) is 0 Å². The lowest BCUT2D eigenvalue weighted by molar-refractivity contribution is -0.130. The van der Waals surface area contributed by atoms with Crippen molar-refractivity contribution < 1.29 is 9.59 Å². The Hall–Kier alpha value is -1.08. The third-order valence-electron chi connectivity index (χ3n) is 3.04. The number of aromatic nitrogens is 1. The second-order valence-electron chi connectivity index (χ2n) is 4.64. The monoisotopic (exact) mass is 313 g/mol. The molecule has 0 spiro atoms. The molecule has 7 heteroatoms. The first kappa shape index (κ1) is 15.3. The van der Waals surface area contributed by atoms with Gasteiger partial charge < -0.3 is 10.2 Å². The van der Waals surface area contributed by atoms with Crippen LogP contribution in [0.15, 0.2) is 5.38 Å². The Kier molecular flexibility index (Phi) is 5.85. The lowest BCUT2D eigenvalue weighted by Gasteiger charge is -2.19. The van der Waals surface area contributed by atoms with Crippen LogP contribution in [0, 0.1) is 6.92 Å². The van der Waals surface area contributed by atoms with Gasteiger partial charge in [-0.3, -0.25) is 9.59 Å². The van der Waals surface area contributed by atoms with Crippen LogP contribution in [0.3, 0.4) is 0 Å². The standard InChI is InChI=1S/C13H19N3O2S2/c1-10-15-11(9-20-10)8-19-7-3-13(18)16-5-2-12(17)14-4-6-16/h9H,2-8H2,1H3,(H,14,17). The van der Waals surface area contributed by atoms with E-state index in [1.54, 1.807) is 28.0 Å². The highest BCUT2D eigenvalue weighted by atomic mass is 32.2. The Balaban J connectivity index is 1.65. The Morgan fingerprint density at radius 3 is 3.15 bits per heavy atom. The lowest BCUT2D eigenvalue weighted by Crippen LogP contribution is -2.34. The van der Waals surface area contributed by atoms with Gasteiger partial charge in [0.1, 0.15) is 0 Å². The van der Waals surface area contributed by atoms with Gasteiger partial charge in [-0.15, -0.1) is 11.3 Å². The molecule has 1 aromatic rings. The summed E-state index contributed by atoms with van der Waals surface area (Å²) < 4.78 is 0. The van der Waals surface area contributed by atoms with E-state index in [0.29, 0.717) is 32.5 Å². The van der Waals surface area contributed by atoms with Gasteiger partial charge in [0.05, 0.1) is 10.7 Å². The van der Waals surface area contributed by atoms with E-state index < -0.39 is 0 Å². The second-order valence-corrected chi connectivity index (χ2v) is 6.81. The summed E-state index contributed by atoms with van der Waals surface area (Å²) in [5.74, 6) is 1.84. The first-order valence-electron chi connectivity index (χ1n) is 6.68. The molecule has 0 bridgehead atoms. The summed E-state index contributed by atoms with van der Waals surface area (Å²) in [4.78, 5) is 29.4. The van der Waals surface area contributed by atoms with Gasteiger partial charge >= 0.3 is 0 Å². The fourth-order valence-corrected chi connectivity index (χ4v) is 3.52. The number of amides is 2. The van der Waals surface area contributed by atoms with E-state index in [1.807, 2.05) is 6.92 Å². The summed E-state index contributed by atoms with van der Waals surface area (Å²) in [6.07, 6.45) is 0.943. The number of hydrogen-bond donors (Lipinski definition) is 1. The summed E-state index contributed by atoms with van der Waals surface area (Å²) in [5, 5.41) is 5.92. The van der Waals surface area contributed by atoms with E-state index in [0.717, 1.165) is 22.2 Å². The zero-order valence-corrected chi connectivity index (χ0v) is 13.2.